The van der Waals surface area contributed by atoms with Crippen LogP contribution < -0.4 is 10.6 Å². The van der Waals surface area contributed by atoms with Gasteiger partial charge in [-0.05, 0) is 52.9 Å². The molecule has 1 aliphatic heterocycles. The van der Waals surface area contributed by atoms with E-state index in [0.29, 0.717) is 13.0 Å². The SMILES string of the molecule is CC(C)(C)OC(=O)NCC1(NC(=O)CC[C@H]2CCCO2)CCCC1. The summed E-state index contributed by atoms with van der Waals surface area (Å²) in [5.41, 5.74) is -0.845. The molecule has 0 aromatic rings. The van der Waals surface area contributed by atoms with Crippen molar-refractivity contribution in [3.8, 4) is 0 Å². The zero-order valence-corrected chi connectivity index (χ0v) is 15.3. The van der Waals surface area contributed by atoms with Crippen molar-refractivity contribution in [3.63, 3.8) is 0 Å². The molecule has 6 nitrogen and oxygen atoms in total. The number of hydrogen-bond acceptors (Lipinski definition) is 4. The summed E-state index contributed by atoms with van der Waals surface area (Å²) in [6.07, 6.45) is 7.15. The topological polar surface area (TPSA) is 76.7 Å². The Morgan fingerprint density at radius 3 is 2.50 bits per heavy atom. The maximum absolute atomic E-state index is 12.3. The molecule has 1 atom stereocenters. The van der Waals surface area contributed by atoms with Crippen molar-refractivity contribution in [2.75, 3.05) is 13.2 Å². The summed E-state index contributed by atoms with van der Waals surface area (Å²) in [5.74, 6) is 0.0541. The van der Waals surface area contributed by atoms with Gasteiger partial charge in [0.15, 0.2) is 0 Å². The first-order valence-corrected chi connectivity index (χ1v) is 9.18. The average molecular weight is 340 g/mol. The van der Waals surface area contributed by atoms with E-state index < -0.39 is 11.7 Å². The van der Waals surface area contributed by atoms with Crippen LogP contribution in [-0.4, -0.2) is 42.4 Å². The molecular formula is C18H32N2O4. The van der Waals surface area contributed by atoms with E-state index in [9.17, 15) is 9.59 Å². The number of amides is 2. The molecule has 0 spiro atoms. The molecule has 24 heavy (non-hydrogen) atoms. The largest absolute Gasteiger partial charge is 0.444 e. The molecule has 1 saturated carbocycles. The fraction of sp³-hybridized carbons (Fsp3) is 0.889. The Kier molecular flexibility index (Phi) is 6.49. The van der Waals surface area contributed by atoms with Crippen LogP contribution in [0.1, 0.15) is 72.1 Å². The van der Waals surface area contributed by atoms with E-state index in [1.54, 1.807) is 0 Å². The van der Waals surface area contributed by atoms with Crippen LogP contribution in [0.25, 0.3) is 0 Å². The maximum Gasteiger partial charge on any atom is 0.407 e. The lowest BCUT2D eigenvalue weighted by Crippen LogP contribution is -2.54. The summed E-state index contributed by atoms with van der Waals surface area (Å²) in [7, 11) is 0. The molecule has 6 heteroatoms. The van der Waals surface area contributed by atoms with Crippen molar-refractivity contribution in [1.29, 1.82) is 0 Å². The predicted molar refractivity (Wildman–Crippen MR) is 91.8 cm³/mol. The summed E-state index contributed by atoms with van der Waals surface area (Å²) in [6, 6.07) is 0. The van der Waals surface area contributed by atoms with Crippen LogP contribution in [0.2, 0.25) is 0 Å². The van der Waals surface area contributed by atoms with Crippen molar-refractivity contribution in [1.82, 2.24) is 10.6 Å². The van der Waals surface area contributed by atoms with Crippen LogP contribution in [0.5, 0.6) is 0 Å². The summed E-state index contributed by atoms with van der Waals surface area (Å²) in [4.78, 5) is 24.2. The van der Waals surface area contributed by atoms with Gasteiger partial charge in [-0.1, -0.05) is 12.8 Å². The monoisotopic (exact) mass is 340 g/mol. The van der Waals surface area contributed by atoms with Crippen molar-refractivity contribution in [2.24, 2.45) is 0 Å². The van der Waals surface area contributed by atoms with Gasteiger partial charge in [0, 0.05) is 19.6 Å². The second-order valence-electron chi connectivity index (χ2n) is 8.06. The van der Waals surface area contributed by atoms with Gasteiger partial charge in [-0.2, -0.15) is 0 Å². The summed E-state index contributed by atoms with van der Waals surface area (Å²) in [5, 5.41) is 5.99. The zero-order valence-electron chi connectivity index (χ0n) is 15.3. The highest BCUT2D eigenvalue weighted by molar-refractivity contribution is 5.77. The molecule has 1 heterocycles. The number of ether oxygens (including phenoxy) is 2. The van der Waals surface area contributed by atoms with Gasteiger partial charge in [-0.15, -0.1) is 0 Å². The van der Waals surface area contributed by atoms with Crippen LogP contribution in [-0.2, 0) is 14.3 Å². The van der Waals surface area contributed by atoms with E-state index in [1.165, 1.54) is 0 Å². The lowest BCUT2D eigenvalue weighted by molar-refractivity contribution is -0.123. The van der Waals surface area contributed by atoms with Gasteiger partial charge in [0.25, 0.3) is 0 Å². The first-order chi connectivity index (χ1) is 11.3. The number of carbonyl (C=O) groups is 2. The van der Waals surface area contributed by atoms with Gasteiger partial charge >= 0.3 is 6.09 Å². The first kappa shape index (κ1) is 19.0. The van der Waals surface area contributed by atoms with Crippen molar-refractivity contribution < 1.29 is 19.1 Å². The third kappa shape index (κ3) is 6.30. The minimum atomic E-state index is -0.516. The Labute approximate surface area is 145 Å². The lowest BCUT2D eigenvalue weighted by Gasteiger charge is -2.31. The maximum atomic E-state index is 12.3. The standard InChI is InChI=1S/C18H32N2O4/c1-17(2,3)24-16(22)19-13-18(10-4-5-11-18)20-15(21)9-8-14-7-6-12-23-14/h14H,4-13H2,1-3H3,(H,19,22)(H,20,21)/t14-/m1/s1. The molecule has 0 bridgehead atoms. The normalized spacial score (nSPS) is 23.0. The fourth-order valence-electron chi connectivity index (χ4n) is 3.48. The lowest BCUT2D eigenvalue weighted by atomic mass is 9.97. The second kappa shape index (κ2) is 8.19. The van der Waals surface area contributed by atoms with E-state index in [-0.39, 0.29) is 17.6 Å². The van der Waals surface area contributed by atoms with Crippen LogP contribution in [0, 0.1) is 0 Å². The molecule has 2 rings (SSSR count). The highest BCUT2D eigenvalue weighted by Gasteiger charge is 2.36. The number of alkyl carbamates (subject to hydrolysis) is 1. The summed E-state index contributed by atoms with van der Waals surface area (Å²) >= 11 is 0. The molecule has 2 fully saturated rings. The number of rotatable bonds is 6. The van der Waals surface area contributed by atoms with Crippen LogP contribution in [0.3, 0.4) is 0 Å². The zero-order chi connectivity index (χ0) is 17.6. The molecule has 0 aromatic heterocycles. The molecule has 2 aliphatic rings. The Hall–Kier alpha value is -1.30. The van der Waals surface area contributed by atoms with Crippen LogP contribution in [0.4, 0.5) is 4.79 Å². The van der Waals surface area contributed by atoms with Crippen molar-refractivity contribution in [2.45, 2.75) is 89.4 Å². The van der Waals surface area contributed by atoms with E-state index in [4.69, 9.17) is 9.47 Å². The molecule has 1 aliphatic carbocycles. The summed E-state index contributed by atoms with van der Waals surface area (Å²) in [6.45, 7) is 6.75. The minimum Gasteiger partial charge on any atom is -0.444 e. The van der Waals surface area contributed by atoms with Gasteiger partial charge < -0.3 is 20.1 Å². The highest BCUT2D eigenvalue weighted by atomic mass is 16.6. The molecule has 2 amide bonds. The smallest absolute Gasteiger partial charge is 0.407 e. The van der Waals surface area contributed by atoms with Gasteiger partial charge in [-0.3, -0.25) is 4.79 Å². The van der Waals surface area contributed by atoms with Crippen LogP contribution >= 0.6 is 0 Å². The predicted octanol–water partition coefficient (Wildman–Crippen LogP) is 2.90. The van der Waals surface area contributed by atoms with Crippen molar-refractivity contribution >= 4 is 12.0 Å². The highest BCUT2D eigenvalue weighted by Crippen LogP contribution is 2.29. The summed E-state index contributed by atoms with van der Waals surface area (Å²) < 4.78 is 10.9. The second-order valence-corrected chi connectivity index (χ2v) is 8.06. The average Bonchev–Trinajstić information content (AvgIpc) is 3.13. The van der Waals surface area contributed by atoms with Gasteiger partial charge in [0.05, 0.1) is 11.6 Å². The Morgan fingerprint density at radius 2 is 1.92 bits per heavy atom. The number of nitrogens with one attached hydrogen (secondary N) is 2. The van der Waals surface area contributed by atoms with Gasteiger partial charge in [-0.25, -0.2) is 4.79 Å². The Bertz CT molecular complexity index is 433. The van der Waals surface area contributed by atoms with E-state index >= 15 is 0 Å². The van der Waals surface area contributed by atoms with E-state index in [1.807, 2.05) is 20.8 Å². The number of carbonyl (C=O) groups excluding carboxylic acids is 2. The molecule has 138 valence electrons. The van der Waals surface area contributed by atoms with Gasteiger partial charge in [0.1, 0.15) is 5.60 Å². The third-order valence-electron chi connectivity index (χ3n) is 4.65. The van der Waals surface area contributed by atoms with Crippen molar-refractivity contribution in [3.05, 3.63) is 0 Å². The molecule has 1 saturated heterocycles. The minimum absolute atomic E-state index is 0.0541. The third-order valence-corrected chi connectivity index (χ3v) is 4.65. The van der Waals surface area contributed by atoms with E-state index in [2.05, 4.69) is 10.6 Å². The Morgan fingerprint density at radius 1 is 1.21 bits per heavy atom. The molecule has 0 radical (unpaired) electrons. The molecule has 0 unspecified atom stereocenters. The first-order valence-electron chi connectivity index (χ1n) is 9.18. The molecule has 2 N–H and O–H groups in total. The fourth-order valence-corrected chi connectivity index (χ4v) is 3.48. The van der Waals surface area contributed by atoms with E-state index in [0.717, 1.165) is 51.6 Å². The molecule has 0 aromatic carbocycles. The Balaban J connectivity index is 1.78. The van der Waals surface area contributed by atoms with Crippen LogP contribution in [0.15, 0.2) is 0 Å². The molecular weight excluding hydrogens is 308 g/mol. The van der Waals surface area contributed by atoms with Gasteiger partial charge in [0.2, 0.25) is 5.91 Å². The number of hydrogen-bond donors (Lipinski definition) is 2. The quantitative estimate of drug-likeness (QED) is 0.779.